The lowest BCUT2D eigenvalue weighted by Gasteiger charge is -2.24. The summed E-state index contributed by atoms with van der Waals surface area (Å²) in [6.07, 6.45) is 3.87. The standard InChI is InChI=1S/C34H30N4/c1-37(2)34-18-17-27(20-31(24-36)29-14-8-5-9-15-29)21-32(34)25-38(3)33-16-10-11-26(22-33)19-30(23-35)28-12-6-4-7-13-28/h4-22H,25H2,1-3H3/b30-19+,31-20+. The van der Waals surface area contributed by atoms with Gasteiger partial charge in [-0.2, -0.15) is 10.5 Å². The number of anilines is 2. The van der Waals surface area contributed by atoms with Gasteiger partial charge in [-0.15, -0.1) is 0 Å². The Morgan fingerprint density at radius 2 is 1.21 bits per heavy atom. The van der Waals surface area contributed by atoms with Crippen LogP contribution in [0.2, 0.25) is 0 Å². The van der Waals surface area contributed by atoms with Gasteiger partial charge in [0, 0.05) is 39.1 Å². The van der Waals surface area contributed by atoms with Gasteiger partial charge in [0.1, 0.15) is 0 Å². The molecule has 0 unspecified atom stereocenters. The first-order chi connectivity index (χ1) is 18.5. The zero-order valence-corrected chi connectivity index (χ0v) is 22.0. The predicted octanol–water partition coefficient (Wildman–Crippen LogP) is 7.52. The normalized spacial score (nSPS) is 11.4. The molecular weight excluding hydrogens is 464 g/mol. The molecule has 4 aromatic carbocycles. The van der Waals surface area contributed by atoms with Gasteiger partial charge in [-0.1, -0.05) is 78.9 Å². The summed E-state index contributed by atoms with van der Waals surface area (Å²) in [6.45, 7) is 0.680. The Balaban J connectivity index is 1.63. The van der Waals surface area contributed by atoms with Crippen molar-refractivity contribution in [1.82, 2.24) is 0 Å². The summed E-state index contributed by atoms with van der Waals surface area (Å²) in [5.41, 5.74) is 8.36. The summed E-state index contributed by atoms with van der Waals surface area (Å²) < 4.78 is 0. The molecule has 0 bridgehead atoms. The lowest BCUT2D eigenvalue weighted by molar-refractivity contribution is 0.913. The second kappa shape index (κ2) is 12.3. The van der Waals surface area contributed by atoms with Gasteiger partial charge in [0.25, 0.3) is 0 Å². The third kappa shape index (κ3) is 6.38. The van der Waals surface area contributed by atoms with E-state index in [2.05, 4.69) is 59.3 Å². The van der Waals surface area contributed by atoms with Gasteiger partial charge in [0.05, 0.1) is 23.3 Å². The highest BCUT2D eigenvalue weighted by molar-refractivity contribution is 5.90. The molecule has 0 spiro atoms. The van der Waals surface area contributed by atoms with E-state index in [9.17, 15) is 10.5 Å². The Kier molecular flexibility index (Phi) is 8.39. The average Bonchev–Trinajstić information content (AvgIpc) is 2.95. The Labute approximate surface area is 225 Å². The van der Waals surface area contributed by atoms with Crippen LogP contribution in [0.1, 0.15) is 27.8 Å². The quantitative estimate of drug-likeness (QED) is 0.188. The molecule has 4 rings (SSSR count). The maximum absolute atomic E-state index is 9.77. The van der Waals surface area contributed by atoms with E-state index in [1.807, 2.05) is 99.0 Å². The van der Waals surface area contributed by atoms with E-state index >= 15 is 0 Å². The molecule has 0 amide bonds. The molecular formula is C34H30N4. The first-order valence-corrected chi connectivity index (χ1v) is 12.4. The molecule has 0 heterocycles. The van der Waals surface area contributed by atoms with Crippen LogP contribution in [0.4, 0.5) is 11.4 Å². The second-order valence-electron chi connectivity index (χ2n) is 9.31. The maximum Gasteiger partial charge on any atom is 0.0998 e. The van der Waals surface area contributed by atoms with Crippen LogP contribution in [0.15, 0.2) is 103 Å². The monoisotopic (exact) mass is 494 g/mol. The fourth-order valence-corrected chi connectivity index (χ4v) is 4.39. The van der Waals surface area contributed by atoms with E-state index in [4.69, 9.17) is 0 Å². The zero-order valence-electron chi connectivity index (χ0n) is 22.0. The van der Waals surface area contributed by atoms with Crippen LogP contribution in [0.3, 0.4) is 0 Å². The van der Waals surface area contributed by atoms with Crippen molar-refractivity contribution in [3.8, 4) is 12.1 Å². The van der Waals surface area contributed by atoms with Crippen LogP contribution in [-0.2, 0) is 6.54 Å². The molecule has 186 valence electrons. The van der Waals surface area contributed by atoms with Crippen molar-refractivity contribution in [2.75, 3.05) is 30.9 Å². The summed E-state index contributed by atoms with van der Waals surface area (Å²) in [5, 5.41) is 19.5. The van der Waals surface area contributed by atoms with Gasteiger partial charge >= 0.3 is 0 Å². The molecule has 38 heavy (non-hydrogen) atoms. The van der Waals surface area contributed by atoms with Crippen molar-refractivity contribution in [2.45, 2.75) is 6.54 Å². The van der Waals surface area contributed by atoms with Crippen LogP contribution >= 0.6 is 0 Å². The third-order valence-electron chi connectivity index (χ3n) is 6.34. The van der Waals surface area contributed by atoms with Crippen LogP contribution in [0.25, 0.3) is 23.3 Å². The van der Waals surface area contributed by atoms with Crippen LogP contribution in [0, 0.1) is 22.7 Å². The van der Waals surface area contributed by atoms with Crippen LogP contribution in [-0.4, -0.2) is 21.1 Å². The highest BCUT2D eigenvalue weighted by Gasteiger charge is 2.11. The molecule has 0 fully saturated rings. The van der Waals surface area contributed by atoms with Crippen molar-refractivity contribution in [3.63, 3.8) is 0 Å². The molecule has 0 radical (unpaired) electrons. The smallest absolute Gasteiger partial charge is 0.0998 e. The largest absolute Gasteiger partial charge is 0.377 e. The third-order valence-corrected chi connectivity index (χ3v) is 6.34. The van der Waals surface area contributed by atoms with Gasteiger partial charge < -0.3 is 9.80 Å². The Morgan fingerprint density at radius 3 is 1.74 bits per heavy atom. The Morgan fingerprint density at radius 1 is 0.658 bits per heavy atom. The van der Waals surface area contributed by atoms with E-state index < -0.39 is 0 Å². The van der Waals surface area contributed by atoms with Crippen LogP contribution in [0.5, 0.6) is 0 Å². The molecule has 0 saturated carbocycles. The molecule has 0 atom stereocenters. The summed E-state index contributed by atoms with van der Waals surface area (Å²) in [4.78, 5) is 4.31. The number of hydrogen-bond donors (Lipinski definition) is 0. The van der Waals surface area contributed by atoms with E-state index in [1.54, 1.807) is 0 Å². The summed E-state index contributed by atoms with van der Waals surface area (Å²) in [6, 6.07) is 38.7. The van der Waals surface area contributed by atoms with Gasteiger partial charge in [-0.25, -0.2) is 0 Å². The summed E-state index contributed by atoms with van der Waals surface area (Å²) in [7, 11) is 6.15. The molecule has 4 heteroatoms. The minimum atomic E-state index is 0.631. The van der Waals surface area contributed by atoms with E-state index in [1.165, 1.54) is 0 Å². The SMILES string of the molecule is CN(C)c1ccc(/C=C(\C#N)c2ccccc2)cc1CN(C)c1cccc(/C=C(\C#N)c2ccccc2)c1. The van der Waals surface area contributed by atoms with Gasteiger partial charge in [-0.3, -0.25) is 0 Å². The molecule has 0 aliphatic heterocycles. The summed E-state index contributed by atoms with van der Waals surface area (Å²) in [5.74, 6) is 0. The molecule has 0 aromatic heterocycles. The number of rotatable bonds is 8. The van der Waals surface area contributed by atoms with E-state index in [-0.39, 0.29) is 0 Å². The fraction of sp³-hybridized carbons (Fsp3) is 0.118. The fourth-order valence-electron chi connectivity index (χ4n) is 4.39. The molecule has 0 aliphatic rings. The molecule has 0 N–H and O–H groups in total. The van der Waals surface area contributed by atoms with Crippen LogP contribution < -0.4 is 9.80 Å². The van der Waals surface area contributed by atoms with E-state index in [0.717, 1.165) is 39.2 Å². The van der Waals surface area contributed by atoms with Crippen molar-refractivity contribution in [3.05, 3.63) is 131 Å². The van der Waals surface area contributed by atoms with Crippen molar-refractivity contribution < 1.29 is 0 Å². The molecule has 0 aliphatic carbocycles. The van der Waals surface area contributed by atoms with Crippen molar-refractivity contribution >= 4 is 34.7 Å². The maximum atomic E-state index is 9.77. The average molecular weight is 495 g/mol. The number of nitrogens with zero attached hydrogens (tertiary/aromatic N) is 4. The topological polar surface area (TPSA) is 54.1 Å². The summed E-state index contributed by atoms with van der Waals surface area (Å²) >= 11 is 0. The number of allylic oxidation sites excluding steroid dienone is 2. The minimum absolute atomic E-state index is 0.631. The minimum Gasteiger partial charge on any atom is -0.377 e. The van der Waals surface area contributed by atoms with Gasteiger partial charge in [0.15, 0.2) is 0 Å². The highest BCUT2D eigenvalue weighted by atomic mass is 15.1. The van der Waals surface area contributed by atoms with Gasteiger partial charge in [-0.05, 0) is 64.2 Å². The van der Waals surface area contributed by atoms with Crippen molar-refractivity contribution in [2.24, 2.45) is 0 Å². The van der Waals surface area contributed by atoms with Crippen molar-refractivity contribution in [1.29, 1.82) is 10.5 Å². The second-order valence-corrected chi connectivity index (χ2v) is 9.31. The zero-order chi connectivity index (χ0) is 26.9. The molecule has 0 saturated heterocycles. The number of benzene rings is 4. The lowest BCUT2D eigenvalue weighted by atomic mass is 10.0. The first kappa shape index (κ1) is 26.0. The Bertz CT molecular complexity index is 1540. The number of nitriles is 2. The lowest BCUT2D eigenvalue weighted by Crippen LogP contribution is -2.19. The molecule has 4 aromatic rings. The highest BCUT2D eigenvalue weighted by Crippen LogP contribution is 2.27. The van der Waals surface area contributed by atoms with Gasteiger partial charge in [0.2, 0.25) is 0 Å². The first-order valence-electron chi connectivity index (χ1n) is 12.4. The predicted molar refractivity (Wildman–Crippen MR) is 159 cm³/mol. The molecule has 4 nitrogen and oxygen atoms in total. The Hall–Kier alpha value is -5.06. The van der Waals surface area contributed by atoms with E-state index in [0.29, 0.717) is 17.7 Å². The number of hydrogen-bond acceptors (Lipinski definition) is 4.